The molecule has 0 aromatic rings. The Hall–Kier alpha value is -2.34. The van der Waals surface area contributed by atoms with Crippen molar-refractivity contribution in [2.24, 2.45) is 0 Å². The number of nitrogens with zero attached hydrogens (tertiary/aromatic N) is 2. The number of carbonyl (C=O) groups is 2. The predicted octanol–water partition coefficient (Wildman–Crippen LogP) is 0.456. The third kappa shape index (κ3) is 4.25. The van der Waals surface area contributed by atoms with E-state index in [-0.39, 0.29) is 24.0 Å². The van der Waals surface area contributed by atoms with E-state index in [0.717, 1.165) is 0 Å². The van der Waals surface area contributed by atoms with E-state index in [4.69, 9.17) is 10.5 Å². The number of hydrogen-bond donors (Lipinski definition) is 0. The second-order valence-corrected chi connectivity index (χ2v) is 2.71. The van der Waals surface area contributed by atoms with Crippen LogP contribution in [0.4, 0.5) is 0 Å². The Bertz CT molecular complexity index is 362. The first-order valence-electron chi connectivity index (χ1n) is 4.24. The topological polar surface area (TPSA) is 100 Å². The van der Waals surface area contributed by atoms with E-state index >= 15 is 0 Å². The molecule has 6 nitrogen and oxygen atoms in total. The number of esters is 2. The predicted molar refractivity (Wildman–Crippen MR) is 51.5 cm³/mol. The molecule has 0 unspecified atom stereocenters. The van der Waals surface area contributed by atoms with Crippen molar-refractivity contribution in [1.82, 2.24) is 0 Å². The van der Waals surface area contributed by atoms with Crippen molar-refractivity contribution in [2.45, 2.75) is 12.8 Å². The smallest absolute Gasteiger partial charge is 0.309 e. The van der Waals surface area contributed by atoms with Crippen molar-refractivity contribution in [3.8, 4) is 12.1 Å². The highest BCUT2D eigenvalue weighted by atomic mass is 16.5. The van der Waals surface area contributed by atoms with E-state index in [9.17, 15) is 9.59 Å². The summed E-state index contributed by atoms with van der Waals surface area (Å²) in [4.78, 5) is 22.0. The highest BCUT2D eigenvalue weighted by Gasteiger charge is 2.15. The van der Waals surface area contributed by atoms with Crippen LogP contribution in [0.25, 0.3) is 0 Å². The van der Waals surface area contributed by atoms with Crippen LogP contribution in [0, 0.1) is 22.7 Å². The molecule has 0 spiro atoms. The van der Waals surface area contributed by atoms with Gasteiger partial charge in [0.25, 0.3) is 0 Å². The van der Waals surface area contributed by atoms with Gasteiger partial charge in [-0.1, -0.05) is 0 Å². The zero-order chi connectivity index (χ0) is 12.6. The summed E-state index contributed by atoms with van der Waals surface area (Å²) < 4.78 is 8.78. The Labute approximate surface area is 92.7 Å². The second kappa shape index (κ2) is 7.02. The molecule has 0 aromatic heterocycles. The normalized spacial score (nSPS) is 8.25. The van der Waals surface area contributed by atoms with Crippen LogP contribution in [-0.2, 0) is 19.1 Å². The van der Waals surface area contributed by atoms with Gasteiger partial charge in [-0.2, -0.15) is 10.5 Å². The summed E-state index contributed by atoms with van der Waals surface area (Å²) in [6, 6.07) is 3.23. The van der Waals surface area contributed by atoms with Crippen LogP contribution in [-0.4, -0.2) is 26.2 Å². The minimum absolute atomic E-state index is 0.101. The first-order valence-corrected chi connectivity index (χ1v) is 4.24. The minimum Gasteiger partial charge on any atom is -0.469 e. The monoisotopic (exact) mass is 222 g/mol. The Balaban J connectivity index is 5.01. The van der Waals surface area contributed by atoms with Crippen LogP contribution in [0.15, 0.2) is 11.1 Å². The fourth-order valence-electron chi connectivity index (χ4n) is 0.915. The molecule has 0 bridgehead atoms. The van der Waals surface area contributed by atoms with Crippen molar-refractivity contribution in [1.29, 1.82) is 10.5 Å². The number of methoxy groups -OCH3 is 2. The highest BCUT2D eigenvalue weighted by molar-refractivity contribution is 5.79. The lowest BCUT2D eigenvalue weighted by Gasteiger charge is -2.04. The number of nitriles is 2. The van der Waals surface area contributed by atoms with Gasteiger partial charge in [0.1, 0.15) is 17.7 Å². The molecule has 0 N–H and O–H groups in total. The van der Waals surface area contributed by atoms with Crippen molar-refractivity contribution in [3.63, 3.8) is 0 Å². The van der Waals surface area contributed by atoms with Crippen LogP contribution in [0.3, 0.4) is 0 Å². The molecule has 0 atom stereocenters. The number of hydrogen-bond acceptors (Lipinski definition) is 6. The molecule has 6 heteroatoms. The summed E-state index contributed by atoms with van der Waals surface area (Å²) >= 11 is 0. The molecule has 0 aromatic carbocycles. The first-order chi connectivity index (χ1) is 7.58. The van der Waals surface area contributed by atoms with Gasteiger partial charge in [0.15, 0.2) is 0 Å². The molecule has 0 rings (SSSR count). The van der Waals surface area contributed by atoms with Crippen LogP contribution in [0.1, 0.15) is 12.8 Å². The Kier molecular flexibility index (Phi) is 5.99. The molecule has 0 fully saturated rings. The molecule has 0 saturated heterocycles. The molecule has 0 aliphatic rings. The maximum absolute atomic E-state index is 11.0. The molecule has 0 radical (unpaired) electrons. The van der Waals surface area contributed by atoms with E-state index in [1.54, 1.807) is 12.1 Å². The lowest BCUT2D eigenvalue weighted by atomic mass is 10.0. The summed E-state index contributed by atoms with van der Waals surface area (Å²) in [5, 5.41) is 17.3. The van der Waals surface area contributed by atoms with E-state index in [1.807, 2.05) is 0 Å². The van der Waals surface area contributed by atoms with Crippen LogP contribution in [0.2, 0.25) is 0 Å². The molecular formula is C10H10N2O4. The van der Waals surface area contributed by atoms with Crippen molar-refractivity contribution in [2.75, 3.05) is 14.2 Å². The Morgan fingerprint density at radius 2 is 1.38 bits per heavy atom. The molecule has 84 valence electrons. The molecule has 16 heavy (non-hydrogen) atoms. The van der Waals surface area contributed by atoms with E-state index in [1.165, 1.54) is 14.2 Å². The lowest BCUT2D eigenvalue weighted by molar-refractivity contribution is -0.140. The van der Waals surface area contributed by atoms with Gasteiger partial charge in [-0.3, -0.25) is 9.59 Å². The number of allylic oxidation sites excluding steroid dienone is 1. The van der Waals surface area contributed by atoms with Crippen molar-refractivity contribution in [3.05, 3.63) is 11.1 Å². The van der Waals surface area contributed by atoms with Gasteiger partial charge < -0.3 is 9.47 Å². The van der Waals surface area contributed by atoms with Crippen LogP contribution < -0.4 is 0 Å². The molecule has 0 amide bonds. The highest BCUT2D eigenvalue weighted by Crippen LogP contribution is 2.14. The van der Waals surface area contributed by atoms with E-state index < -0.39 is 11.9 Å². The van der Waals surface area contributed by atoms with Gasteiger partial charge in [0, 0.05) is 0 Å². The average Bonchev–Trinajstić information content (AvgIpc) is 2.29. The van der Waals surface area contributed by atoms with Gasteiger partial charge in [-0.15, -0.1) is 0 Å². The van der Waals surface area contributed by atoms with E-state index in [2.05, 4.69) is 9.47 Å². The maximum Gasteiger partial charge on any atom is 0.309 e. The summed E-state index contributed by atoms with van der Waals surface area (Å²) in [5.74, 6) is -1.25. The summed E-state index contributed by atoms with van der Waals surface area (Å²) in [6.07, 6.45) is -0.551. The second-order valence-electron chi connectivity index (χ2n) is 2.71. The minimum atomic E-state index is -0.623. The molecule has 0 saturated carbocycles. The average molecular weight is 222 g/mol. The van der Waals surface area contributed by atoms with Crippen LogP contribution >= 0.6 is 0 Å². The van der Waals surface area contributed by atoms with Crippen LogP contribution in [0.5, 0.6) is 0 Å². The van der Waals surface area contributed by atoms with Gasteiger partial charge in [-0.25, -0.2) is 0 Å². The van der Waals surface area contributed by atoms with Gasteiger partial charge in [0.2, 0.25) is 0 Å². The van der Waals surface area contributed by atoms with E-state index in [0.29, 0.717) is 0 Å². The molecule has 0 aliphatic carbocycles. The number of ether oxygens (including phenoxy) is 2. The Morgan fingerprint density at radius 3 is 1.62 bits per heavy atom. The zero-order valence-corrected chi connectivity index (χ0v) is 8.94. The summed E-state index contributed by atoms with van der Waals surface area (Å²) in [7, 11) is 2.35. The summed E-state index contributed by atoms with van der Waals surface area (Å²) in [5.41, 5.74) is -0.167. The molecule has 0 aliphatic heterocycles. The Morgan fingerprint density at radius 1 is 1.00 bits per heavy atom. The van der Waals surface area contributed by atoms with Crippen molar-refractivity contribution < 1.29 is 19.1 Å². The standard InChI is InChI=1S/C10H10N2O4/c1-15-9(13)3-7(4-10(14)16-2)8(5-11)6-12/h3-4H2,1-2H3. The third-order valence-electron chi connectivity index (χ3n) is 1.75. The SMILES string of the molecule is COC(=O)CC(CC(=O)OC)=C(C#N)C#N. The van der Waals surface area contributed by atoms with Crippen molar-refractivity contribution >= 4 is 11.9 Å². The van der Waals surface area contributed by atoms with Gasteiger partial charge in [-0.05, 0) is 5.57 Å². The number of carbonyl (C=O) groups excluding carboxylic acids is 2. The quantitative estimate of drug-likeness (QED) is 0.505. The summed E-state index contributed by atoms with van der Waals surface area (Å²) in [6.45, 7) is 0. The first kappa shape index (κ1) is 13.7. The number of rotatable bonds is 4. The third-order valence-corrected chi connectivity index (χ3v) is 1.75. The van der Waals surface area contributed by atoms with Gasteiger partial charge in [0.05, 0.1) is 27.1 Å². The fraction of sp³-hybridized carbons (Fsp3) is 0.400. The lowest BCUT2D eigenvalue weighted by Crippen LogP contribution is -2.09. The molecular weight excluding hydrogens is 212 g/mol. The fourth-order valence-corrected chi connectivity index (χ4v) is 0.915. The maximum atomic E-state index is 11.0. The zero-order valence-electron chi connectivity index (χ0n) is 8.94. The van der Waals surface area contributed by atoms with Gasteiger partial charge >= 0.3 is 11.9 Å². The largest absolute Gasteiger partial charge is 0.469 e. The molecule has 0 heterocycles.